The number of anilines is 2. The van der Waals surface area contributed by atoms with Gasteiger partial charge in [-0.3, -0.25) is 10.1 Å². The second kappa shape index (κ2) is 11.3. The summed E-state index contributed by atoms with van der Waals surface area (Å²) in [4.78, 5) is 36.4. The van der Waals surface area contributed by atoms with Crippen molar-refractivity contribution in [2.24, 2.45) is 5.92 Å². The van der Waals surface area contributed by atoms with Gasteiger partial charge in [-0.15, -0.1) is 0 Å². The molecule has 4 heterocycles. The number of nitrogens with zero attached hydrogens (tertiary/aromatic N) is 3. The third-order valence-electron chi connectivity index (χ3n) is 6.60. The van der Waals surface area contributed by atoms with Gasteiger partial charge in [-0.1, -0.05) is 19.1 Å². The normalized spacial score (nSPS) is 19.0. The van der Waals surface area contributed by atoms with Crippen LogP contribution < -0.4 is 20.3 Å². The predicted molar refractivity (Wildman–Crippen MR) is 149 cm³/mol. The van der Waals surface area contributed by atoms with Gasteiger partial charge in [-0.2, -0.15) is 8.42 Å². The Hall–Kier alpha value is -3.51. The lowest BCUT2D eigenvalue weighted by molar-refractivity contribution is 0.0981. The van der Waals surface area contributed by atoms with Gasteiger partial charge in [-0.25, -0.2) is 19.5 Å². The van der Waals surface area contributed by atoms with Crippen molar-refractivity contribution < 1.29 is 22.7 Å². The van der Waals surface area contributed by atoms with Gasteiger partial charge in [0.15, 0.2) is 5.03 Å². The number of rotatable bonds is 7. The van der Waals surface area contributed by atoms with Crippen molar-refractivity contribution in [2.75, 3.05) is 29.9 Å². The number of hydrogen-bond donors (Lipinski definition) is 3. The molecule has 1 atom stereocenters. The minimum Gasteiger partial charge on any atom is -0.447 e. The maximum Gasteiger partial charge on any atom is 0.413 e. The molecule has 39 heavy (non-hydrogen) atoms. The molecule has 210 valence electrons. The number of carbonyl (C=O) groups is 2. The van der Waals surface area contributed by atoms with Crippen LogP contribution in [0.1, 0.15) is 63.5 Å². The van der Waals surface area contributed by atoms with Crippen molar-refractivity contribution >= 4 is 39.2 Å². The van der Waals surface area contributed by atoms with Crippen molar-refractivity contribution in [1.82, 2.24) is 20.0 Å². The number of hydrogen-bond acceptors (Lipinski definition) is 9. The summed E-state index contributed by atoms with van der Waals surface area (Å²) in [5.41, 5.74) is 1.67. The molecule has 4 rings (SSSR count). The van der Waals surface area contributed by atoms with E-state index in [2.05, 4.69) is 52.1 Å². The van der Waals surface area contributed by atoms with Crippen LogP contribution >= 0.6 is 0 Å². The zero-order chi connectivity index (χ0) is 28.4. The first kappa shape index (κ1) is 28.5. The largest absolute Gasteiger partial charge is 0.447 e. The molecule has 2 amide bonds. The molecule has 2 aromatic heterocycles. The fourth-order valence-corrected chi connectivity index (χ4v) is 5.95. The lowest BCUT2D eigenvalue weighted by Gasteiger charge is -2.34. The first-order chi connectivity index (χ1) is 18.4. The minimum atomic E-state index is -4.37. The Balaban J connectivity index is 1.64. The number of amides is 2. The first-order valence-electron chi connectivity index (χ1n) is 13.1. The molecule has 0 saturated carbocycles. The molecule has 0 bridgehead atoms. The second-order valence-electron chi connectivity index (χ2n) is 10.9. The number of pyridine rings is 2. The molecule has 12 heteroatoms. The molecule has 2 aromatic rings. The predicted octanol–water partition coefficient (Wildman–Crippen LogP) is 3.55. The van der Waals surface area contributed by atoms with Crippen LogP contribution in [-0.2, 0) is 14.8 Å². The van der Waals surface area contributed by atoms with E-state index in [0.29, 0.717) is 24.8 Å². The molecule has 11 nitrogen and oxygen atoms in total. The molecule has 0 unspecified atom stereocenters. The number of sulfonamides is 1. The third kappa shape index (κ3) is 6.74. The SMILES string of the molecule is CC(C)OC(=O)Nc1cccc(S(=O)(=O)NC(=O)c2ccc(C3=CCCNC3)nc2N2C[C@@H](C)CC2(C)C)n1. The Bertz CT molecular complexity index is 1390. The van der Waals surface area contributed by atoms with Crippen molar-refractivity contribution in [3.8, 4) is 0 Å². The Morgan fingerprint density at radius 1 is 1.18 bits per heavy atom. The summed E-state index contributed by atoms with van der Waals surface area (Å²) in [7, 11) is -4.37. The molecular weight excluding hydrogens is 520 g/mol. The monoisotopic (exact) mass is 556 g/mol. The molecule has 1 saturated heterocycles. The smallest absolute Gasteiger partial charge is 0.413 e. The maximum absolute atomic E-state index is 13.5. The summed E-state index contributed by atoms with van der Waals surface area (Å²) < 4.78 is 33.5. The topological polar surface area (TPSA) is 143 Å². The van der Waals surface area contributed by atoms with E-state index in [4.69, 9.17) is 9.72 Å². The summed E-state index contributed by atoms with van der Waals surface area (Å²) in [5.74, 6) is -0.0114. The van der Waals surface area contributed by atoms with Gasteiger partial charge in [0, 0.05) is 18.6 Å². The van der Waals surface area contributed by atoms with Crippen LogP contribution in [0.15, 0.2) is 41.4 Å². The van der Waals surface area contributed by atoms with Gasteiger partial charge in [-0.05, 0) is 82.8 Å². The summed E-state index contributed by atoms with van der Waals surface area (Å²) in [6, 6.07) is 7.46. The summed E-state index contributed by atoms with van der Waals surface area (Å²) in [5, 5.41) is 5.31. The molecule has 3 N–H and O–H groups in total. The third-order valence-corrected chi connectivity index (χ3v) is 7.84. The van der Waals surface area contributed by atoms with Crippen LogP contribution in [0.2, 0.25) is 0 Å². The van der Waals surface area contributed by atoms with Crippen LogP contribution in [0.5, 0.6) is 0 Å². The van der Waals surface area contributed by atoms with E-state index >= 15 is 0 Å². The van der Waals surface area contributed by atoms with Crippen molar-refractivity contribution in [2.45, 2.75) is 64.1 Å². The van der Waals surface area contributed by atoms with Crippen molar-refractivity contribution in [1.29, 1.82) is 0 Å². The van der Waals surface area contributed by atoms with Gasteiger partial charge in [0.25, 0.3) is 15.9 Å². The van der Waals surface area contributed by atoms with Crippen LogP contribution in [0.3, 0.4) is 0 Å². The molecule has 0 aromatic carbocycles. The Morgan fingerprint density at radius 3 is 2.59 bits per heavy atom. The summed E-state index contributed by atoms with van der Waals surface area (Å²) in [6.45, 7) is 12.0. The lowest BCUT2D eigenvalue weighted by atomic mass is 9.97. The van der Waals surface area contributed by atoms with Crippen LogP contribution in [0, 0.1) is 5.92 Å². The quantitative estimate of drug-likeness (QED) is 0.466. The van der Waals surface area contributed by atoms with Gasteiger partial charge >= 0.3 is 6.09 Å². The average molecular weight is 557 g/mol. The molecule has 0 spiro atoms. The molecule has 2 aliphatic rings. The summed E-state index contributed by atoms with van der Waals surface area (Å²) in [6.07, 6.45) is 2.80. The van der Waals surface area contributed by atoms with E-state index in [9.17, 15) is 18.0 Å². The van der Waals surface area contributed by atoms with Crippen molar-refractivity contribution in [3.63, 3.8) is 0 Å². The van der Waals surface area contributed by atoms with Gasteiger partial charge in [0.2, 0.25) is 0 Å². The summed E-state index contributed by atoms with van der Waals surface area (Å²) >= 11 is 0. The Labute approximate surface area is 229 Å². The first-order valence-corrected chi connectivity index (χ1v) is 14.5. The average Bonchev–Trinajstić information content (AvgIpc) is 3.15. The standard InChI is InChI=1S/C27H36N6O5S/c1-17(2)38-26(35)31-22-9-6-10-23(30-22)39(36,37)32-25(34)20-11-12-21(19-8-7-13-28-15-19)29-24(20)33-16-18(3)14-27(33,4)5/h6,8-12,17-18,28H,7,13-16H2,1-5H3,(H,32,34)(H,30,31,35)/t18-/m0/s1. The van der Waals surface area contributed by atoms with E-state index < -0.39 is 27.0 Å². The molecule has 0 aliphatic carbocycles. The maximum atomic E-state index is 13.5. The zero-order valence-electron chi connectivity index (χ0n) is 22.9. The van der Waals surface area contributed by atoms with Gasteiger partial charge in [0.1, 0.15) is 11.6 Å². The molecule has 2 aliphatic heterocycles. The number of nitrogens with one attached hydrogen (secondary N) is 3. The minimum absolute atomic E-state index is 0.0233. The van der Waals surface area contributed by atoms with Crippen LogP contribution in [0.4, 0.5) is 16.4 Å². The van der Waals surface area contributed by atoms with Crippen molar-refractivity contribution in [3.05, 3.63) is 47.7 Å². The lowest BCUT2D eigenvalue weighted by Crippen LogP contribution is -2.41. The fourth-order valence-electron chi connectivity index (χ4n) is 5.02. The Morgan fingerprint density at radius 2 is 1.95 bits per heavy atom. The zero-order valence-corrected chi connectivity index (χ0v) is 23.8. The van der Waals surface area contributed by atoms with Crippen LogP contribution in [0.25, 0.3) is 5.57 Å². The molecule has 1 fully saturated rings. The molecule has 0 radical (unpaired) electrons. The van der Waals surface area contributed by atoms with E-state index in [-0.39, 0.29) is 23.0 Å². The molecular formula is C27H36N6O5S. The van der Waals surface area contributed by atoms with E-state index in [0.717, 1.165) is 30.7 Å². The van der Waals surface area contributed by atoms with E-state index in [1.807, 2.05) is 0 Å². The highest BCUT2D eigenvalue weighted by molar-refractivity contribution is 7.90. The van der Waals surface area contributed by atoms with Crippen LogP contribution in [-0.4, -0.2) is 61.7 Å². The van der Waals surface area contributed by atoms with E-state index in [1.54, 1.807) is 26.0 Å². The fraction of sp³-hybridized carbons (Fsp3) is 0.481. The van der Waals surface area contributed by atoms with E-state index in [1.165, 1.54) is 18.2 Å². The van der Waals surface area contributed by atoms with Gasteiger partial charge in [0.05, 0.1) is 17.4 Å². The highest BCUT2D eigenvalue weighted by atomic mass is 32.2. The number of carbonyl (C=O) groups excluding carboxylic acids is 2. The Kier molecular flexibility index (Phi) is 8.26. The number of aromatic nitrogens is 2. The highest BCUT2D eigenvalue weighted by Crippen LogP contribution is 2.38. The second-order valence-corrected chi connectivity index (χ2v) is 12.5. The van der Waals surface area contributed by atoms with Gasteiger partial charge < -0.3 is 15.0 Å². The highest BCUT2D eigenvalue weighted by Gasteiger charge is 2.39. The number of ether oxygens (including phenoxy) is 1.